The van der Waals surface area contributed by atoms with Crippen molar-refractivity contribution in [1.82, 2.24) is 4.90 Å². The fourth-order valence-corrected chi connectivity index (χ4v) is 3.25. The highest BCUT2D eigenvalue weighted by Crippen LogP contribution is 2.25. The van der Waals surface area contributed by atoms with Gasteiger partial charge in [-0.05, 0) is 49.8 Å². The molecule has 0 aromatic heterocycles. The number of hydrogen-bond donors (Lipinski definition) is 1. The molecule has 1 rings (SSSR count). The van der Waals surface area contributed by atoms with Crippen LogP contribution in [-0.2, 0) is 11.2 Å². The zero-order valence-corrected chi connectivity index (χ0v) is 16.7. The number of anilines is 2. The van der Waals surface area contributed by atoms with Gasteiger partial charge in [0.05, 0.1) is 11.4 Å². The van der Waals surface area contributed by atoms with E-state index in [1.165, 1.54) is 0 Å². The number of amides is 1. The highest BCUT2D eigenvalue weighted by Gasteiger charge is 2.13. The number of aryl methyl sites for hydroxylation is 1. The Bertz CT molecular complexity index is 504. The summed E-state index contributed by atoms with van der Waals surface area (Å²) in [7, 11) is 0. The highest BCUT2D eigenvalue weighted by atomic mass is 16.2. The number of carbonyl (C=O) groups excluding carboxylic acids is 1. The molecule has 0 heterocycles. The lowest BCUT2D eigenvalue weighted by molar-refractivity contribution is -0.131. The van der Waals surface area contributed by atoms with Crippen molar-refractivity contribution in [3.8, 4) is 0 Å². The van der Waals surface area contributed by atoms with Crippen molar-refractivity contribution < 1.29 is 4.79 Å². The van der Waals surface area contributed by atoms with E-state index in [0.717, 1.165) is 75.2 Å². The average molecular weight is 348 g/mol. The van der Waals surface area contributed by atoms with Gasteiger partial charge in [0.25, 0.3) is 0 Å². The molecule has 0 aliphatic carbocycles. The van der Waals surface area contributed by atoms with Crippen LogP contribution in [0.2, 0.25) is 0 Å². The van der Waals surface area contributed by atoms with Crippen LogP contribution in [0, 0.1) is 0 Å². The first kappa shape index (κ1) is 21.3. The molecule has 0 saturated carbocycles. The first-order valence-corrected chi connectivity index (χ1v) is 9.98. The molecule has 0 atom stereocenters. The van der Waals surface area contributed by atoms with Crippen LogP contribution < -0.4 is 10.6 Å². The summed E-state index contributed by atoms with van der Waals surface area (Å²) in [4.78, 5) is 16.8. The molecular formula is C21H37N3O. The number of nitrogens with two attached hydrogens (primary N) is 1. The number of nitrogens with zero attached hydrogens (tertiary/aromatic N) is 2. The molecule has 4 heteroatoms. The Balaban J connectivity index is 2.71. The summed E-state index contributed by atoms with van der Waals surface area (Å²) < 4.78 is 0. The molecule has 2 N–H and O–H groups in total. The Morgan fingerprint density at radius 3 is 1.96 bits per heavy atom. The summed E-state index contributed by atoms with van der Waals surface area (Å²) in [5.74, 6) is 0.255. The van der Waals surface area contributed by atoms with Crippen LogP contribution in [0.1, 0.15) is 65.4 Å². The summed E-state index contributed by atoms with van der Waals surface area (Å²) in [6.07, 6.45) is 5.57. The maximum Gasteiger partial charge on any atom is 0.222 e. The molecule has 142 valence electrons. The van der Waals surface area contributed by atoms with E-state index in [4.69, 9.17) is 5.73 Å². The molecule has 0 saturated heterocycles. The zero-order valence-electron chi connectivity index (χ0n) is 16.7. The Kier molecular flexibility index (Phi) is 10.0. The SMILES string of the molecule is CCCN(CCC)C(=O)CCc1ccc(N(CCC)CCC)c(N)c1. The van der Waals surface area contributed by atoms with Gasteiger partial charge >= 0.3 is 0 Å². The Labute approximate surface area is 154 Å². The quantitative estimate of drug-likeness (QED) is 0.567. The van der Waals surface area contributed by atoms with Gasteiger partial charge in [0.2, 0.25) is 5.91 Å². The highest BCUT2D eigenvalue weighted by molar-refractivity contribution is 5.76. The van der Waals surface area contributed by atoms with E-state index in [-0.39, 0.29) is 5.91 Å². The molecule has 0 unspecified atom stereocenters. The van der Waals surface area contributed by atoms with Crippen molar-refractivity contribution >= 4 is 17.3 Å². The van der Waals surface area contributed by atoms with Gasteiger partial charge in [-0.2, -0.15) is 0 Å². The average Bonchev–Trinajstić information content (AvgIpc) is 2.59. The predicted octanol–water partition coefficient (Wildman–Crippen LogP) is 4.48. The fourth-order valence-electron chi connectivity index (χ4n) is 3.25. The first-order valence-electron chi connectivity index (χ1n) is 9.98. The van der Waals surface area contributed by atoms with Crippen molar-refractivity contribution in [3.05, 3.63) is 23.8 Å². The maximum atomic E-state index is 12.4. The summed E-state index contributed by atoms with van der Waals surface area (Å²) in [5, 5.41) is 0. The van der Waals surface area contributed by atoms with E-state index in [2.05, 4.69) is 44.7 Å². The third kappa shape index (κ3) is 6.97. The summed E-state index contributed by atoms with van der Waals surface area (Å²) >= 11 is 0. The minimum absolute atomic E-state index is 0.255. The van der Waals surface area contributed by atoms with E-state index < -0.39 is 0 Å². The minimum Gasteiger partial charge on any atom is -0.397 e. The predicted molar refractivity (Wildman–Crippen MR) is 109 cm³/mol. The molecule has 0 bridgehead atoms. The smallest absolute Gasteiger partial charge is 0.222 e. The lowest BCUT2D eigenvalue weighted by atomic mass is 10.1. The third-order valence-corrected chi connectivity index (χ3v) is 4.39. The second-order valence-corrected chi connectivity index (χ2v) is 6.76. The standard InChI is InChI=1S/C21H37N3O/c1-5-13-23(14-6-2)20-11-9-18(17-19(20)22)10-12-21(25)24(15-7-3)16-8-4/h9,11,17H,5-8,10,12-16,22H2,1-4H3. The van der Waals surface area contributed by atoms with E-state index >= 15 is 0 Å². The van der Waals surface area contributed by atoms with Gasteiger partial charge in [-0.3, -0.25) is 4.79 Å². The Hall–Kier alpha value is -1.71. The molecule has 25 heavy (non-hydrogen) atoms. The van der Waals surface area contributed by atoms with Crippen molar-refractivity contribution in [2.75, 3.05) is 36.8 Å². The van der Waals surface area contributed by atoms with Crippen molar-refractivity contribution in [3.63, 3.8) is 0 Å². The van der Waals surface area contributed by atoms with Crippen LogP contribution in [0.5, 0.6) is 0 Å². The summed E-state index contributed by atoms with van der Waals surface area (Å²) in [6.45, 7) is 12.4. The van der Waals surface area contributed by atoms with Crippen LogP contribution in [-0.4, -0.2) is 37.0 Å². The van der Waals surface area contributed by atoms with Gasteiger partial charge in [0.1, 0.15) is 0 Å². The Morgan fingerprint density at radius 2 is 1.48 bits per heavy atom. The fraction of sp³-hybridized carbons (Fsp3) is 0.667. The second-order valence-electron chi connectivity index (χ2n) is 6.76. The van der Waals surface area contributed by atoms with Crippen molar-refractivity contribution in [2.45, 2.75) is 66.2 Å². The minimum atomic E-state index is 0.255. The largest absolute Gasteiger partial charge is 0.397 e. The molecular weight excluding hydrogens is 310 g/mol. The Morgan fingerprint density at radius 1 is 0.920 bits per heavy atom. The number of nitrogen functional groups attached to an aromatic ring is 1. The molecule has 0 fully saturated rings. The molecule has 4 nitrogen and oxygen atoms in total. The second kappa shape index (κ2) is 11.8. The monoisotopic (exact) mass is 347 g/mol. The topological polar surface area (TPSA) is 49.6 Å². The van der Waals surface area contributed by atoms with E-state index in [1.807, 2.05) is 11.0 Å². The number of hydrogen-bond acceptors (Lipinski definition) is 3. The van der Waals surface area contributed by atoms with Gasteiger partial charge in [0, 0.05) is 32.6 Å². The first-order chi connectivity index (χ1) is 12.1. The van der Waals surface area contributed by atoms with Gasteiger partial charge in [0.15, 0.2) is 0 Å². The molecule has 0 aliphatic heterocycles. The molecule has 0 aliphatic rings. The molecule has 1 amide bonds. The maximum absolute atomic E-state index is 12.4. The molecule has 0 radical (unpaired) electrons. The van der Waals surface area contributed by atoms with Gasteiger partial charge in [-0.1, -0.05) is 33.8 Å². The molecule has 1 aromatic rings. The van der Waals surface area contributed by atoms with Crippen LogP contribution in [0.3, 0.4) is 0 Å². The normalized spacial score (nSPS) is 10.7. The lowest BCUT2D eigenvalue weighted by Crippen LogP contribution is -2.32. The number of rotatable bonds is 12. The number of carbonyl (C=O) groups is 1. The molecule has 1 aromatic carbocycles. The van der Waals surface area contributed by atoms with Crippen LogP contribution in [0.25, 0.3) is 0 Å². The van der Waals surface area contributed by atoms with Gasteiger partial charge in [-0.25, -0.2) is 0 Å². The number of benzene rings is 1. The van der Waals surface area contributed by atoms with E-state index in [9.17, 15) is 4.79 Å². The summed E-state index contributed by atoms with van der Waals surface area (Å²) in [6, 6.07) is 6.29. The van der Waals surface area contributed by atoms with Gasteiger partial charge < -0.3 is 15.5 Å². The van der Waals surface area contributed by atoms with Crippen molar-refractivity contribution in [1.29, 1.82) is 0 Å². The van der Waals surface area contributed by atoms with E-state index in [0.29, 0.717) is 6.42 Å². The van der Waals surface area contributed by atoms with E-state index in [1.54, 1.807) is 0 Å². The molecule has 0 spiro atoms. The van der Waals surface area contributed by atoms with Crippen molar-refractivity contribution in [2.24, 2.45) is 0 Å². The third-order valence-electron chi connectivity index (χ3n) is 4.39. The zero-order chi connectivity index (χ0) is 18.7. The van der Waals surface area contributed by atoms with Crippen LogP contribution in [0.4, 0.5) is 11.4 Å². The van der Waals surface area contributed by atoms with Gasteiger partial charge in [-0.15, -0.1) is 0 Å². The van der Waals surface area contributed by atoms with Crippen LogP contribution >= 0.6 is 0 Å². The summed E-state index contributed by atoms with van der Waals surface area (Å²) in [5.41, 5.74) is 9.40. The van der Waals surface area contributed by atoms with Crippen LogP contribution in [0.15, 0.2) is 18.2 Å². The lowest BCUT2D eigenvalue weighted by Gasteiger charge is -2.25.